The maximum absolute atomic E-state index is 13.6. The van der Waals surface area contributed by atoms with Gasteiger partial charge in [-0.05, 0) is 41.3 Å². The van der Waals surface area contributed by atoms with Crippen molar-refractivity contribution >= 4 is 17.5 Å². The first-order chi connectivity index (χ1) is 14.2. The summed E-state index contributed by atoms with van der Waals surface area (Å²) in [4.78, 5) is 30.5. The van der Waals surface area contributed by atoms with Crippen LogP contribution in [0.4, 0.5) is 5.69 Å². The fourth-order valence-electron chi connectivity index (χ4n) is 4.45. The molecular formula is C25H22N2O2. The molecule has 0 bridgehead atoms. The van der Waals surface area contributed by atoms with Crippen molar-refractivity contribution in [2.45, 2.75) is 25.4 Å². The van der Waals surface area contributed by atoms with Gasteiger partial charge in [0.1, 0.15) is 6.04 Å². The smallest absolute Gasteiger partial charge is 0.259 e. The molecule has 0 spiro atoms. The van der Waals surface area contributed by atoms with E-state index in [0.29, 0.717) is 25.1 Å². The Bertz CT molecular complexity index is 1080. The fraction of sp³-hybridized carbons (Fsp3) is 0.200. The maximum atomic E-state index is 13.6. The van der Waals surface area contributed by atoms with Crippen LogP contribution in [0.2, 0.25) is 0 Å². The van der Waals surface area contributed by atoms with Gasteiger partial charge in [0.25, 0.3) is 5.91 Å². The predicted molar refractivity (Wildman–Crippen MR) is 113 cm³/mol. The van der Waals surface area contributed by atoms with Crippen LogP contribution in [0.5, 0.6) is 0 Å². The summed E-state index contributed by atoms with van der Waals surface area (Å²) in [5, 5.41) is 0. The van der Waals surface area contributed by atoms with Crippen molar-refractivity contribution < 1.29 is 9.59 Å². The van der Waals surface area contributed by atoms with Crippen molar-refractivity contribution in [2.75, 3.05) is 11.4 Å². The minimum Gasteiger partial charge on any atom is -0.336 e. The largest absolute Gasteiger partial charge is 0.336 e. The number of para-hydroxylation sites is 1. The zero-order valence-corrected chi connectivity index (χ0v) is 16.1. The van der Waals surface area contributed by atoms with E-state index in [1.807, 2.05) is 71.6 Å². The Morgan fingerprint density at radius 1 is 0.759 bits per heavy atom. The van der Waals surface area contributed by atoms with E-state index in [1.54, 1.807) is 4.90 Å². The lowest BCUT2D eigenvalue weighted by molar-refractivity contribution is -0.133. The van der Waals surface area contributed by atoms with E-state index in [1.165, 1.54) is 11.1 Å². The molecule has 2 amide bonds. The number of carbonyl (C=O) groups excluding carboxylic acids is 2. The van der Waals surface area contributed by atoms with Gasteiger partial charge >= 0.3 is 0 Å². The Hall–Kier alpha value is -3.40. The Morgan fingerprint density at radius 3 is 2.21 bits per heavy atom. The number of nitrogens with zero attached hydrogens (tertiary/aromatic N) is 2. The third-order valence-corrected chi connectivity index (χ3v) is 5.94. The average molecular weight is 382 g/mol. The molecule has 1 atom stereocenters. The van der Waals surface area contributed by atoms with Crippen LogP contribution in [-0.2, 0) is 24.2 Å². The highest BCUT2D eigenvalue weighted by Gasteiger charge is 2.40. The molecule has 2 aliphatic rings. The molecule has 4 heteroatoms. The molecule has 0 radical (unpaired) electrons. The van der Waals surface area contributed by atoms with Crippen molar-refractivity contribution in [3.63, 3.8) is 0 Å². The summed E-state index contributed by atoms with van der Waals surface area (Å²) < 4.78 is 0. The van der Waals surface area contributed by atoms with Crippen molar-refractivity contribution in [1.29, 1.82) is 0 Å². The first-order valence-electron chi connectivity index (χ1n) is 10.0. The number of hydrogen-bond donors (Lipinski definition) is 0. The van der Waals surface area contributed by atoms with Gasteiger partial charge in [-0.2, -0.15) is 0 Å². The molecule has 0 aliphatic carbocycles. The highest BCUT2D eigenvalue weighted by Crippen LogP contribution is 2.35. The molecule has 2 heterocycles. The van der Waals surface area contributed by atoms with E-state index < -0.39 is 6.04 Å². The van der Waals surface area contributed by atoms with Gasteiger partial charge in [0, 0.05) is 30.8 Å². The van der Waals surface area contributed by atoms with E-state index in [4.69, 9.17) is 0 Å². The van der Waals surface area contributed by atoms with Crippen LogP contribution in [0.25, 0.3) is 0 Å². The zero-order chi connectivity index (χ0) is 19.8. The second-order valence-corrected chi connectivity index (χ2v) is 7.67. The summed E-state index contributed by atoms with van der Waals surface area (Å²) in [5.74, 6) is -0.0914. The van der Waals surface area contributed by atoms with Crippen molar-refractivity contribution in [1.82, 2.24) is 4.90 Å². The number of rotatable bonds is 2. The van der Waals surface area contributed by atoms with E-state index in [-0.39, 0.29) is 11.8 Å². The Morgan fingerprint density at radius 2 is 1.41 bits per heavy atom. The number of amides is 2. The van der Waals surface area contributed by atoms with Gasteiger partial charge in [-0.1, -0.05) is 60.7 Å². The van der Waals surface area contributed by atoms with Gasteiger partial charge in [0.05, 0.1) is 0 Å². The number of carbonyl (C=O) groups is 2. The zero-order valence-electron chi connectivity index (χ0n) is 16.1. The lowest BCUT2D eigenvalue weighted by atomic mass is 9.99. The molecule has 3 aromatic carbocycles. The quantitative estimate of drug-likeness (QED) is 0.676. The number of benzene rings is 3. The Balaban J connectivity index is 1.47. The topological polar surface area (TPSA) is 40.6 Å². The molecule has 2 aliphatic heterocycles. The highest BCUT2D eigenvalue weighted by atomic mass is 16.2. The molecule has 0 aromatic heterocycles. The minimum absolute atomic E-state index is 0.0278. The third-order valence-electron chi connectivity index (χ3n) is 5.94. The van der Waals surface area contributed by atoms with E-state index in [0.717, 1.165) is 17.7 Å². The second kappa shape index (κ2) is 7.21. The van der Waals surface area contributed by atoms with Gasteiger partial charge in [0.15, 0.2) is 0 Å². The summed E-state index contributed by atoms with van der Waals surface area (Å²) in [6.45, 7) is 1.30. The normalized spacial score (nSPS) is 17.6. The summed E-state index contributed by atoms with van der Waals surface area (Å²) in [7, 11) is 0. The summed E-state index contributed by atoms with van der Waals surface area (Å²) >= 11 is 0. The molecule has 144 valence electrons. The third kappa shape index (κ3) is 3.11. The van der Waals surface area contributed by atoms with Crippen LogP contribution in [-0.4, -0.2) is 29.3 Å². The van der Waals surface area contributed by atoms with Crippen LogP contribution in [0.3, 0.4) is 0 Å². The molecule has 4 nitrogen and oxygen atoms in total. The standard InChI is InChI=1S/C25H22N2O2/c28-24(19-9-2-1-3-10-19)27-22-13-7-6-11-20(22)16-23(27)25(29)26-15-14-18-8-4-5-12-21(18)17-26/h1-13,23H,14-17H2/t23-/m1/s1. The summed E-state index contributed by atoms with van der Waals surface area (Å²) in [6, 6.07) is 24.8. The molecule has 0 fully saturated rings. The van der Waals surface area contributed by atoms with Gasteiger partial charge in [-0.15, -0.1) is 0 Å². The minimum atomic E-state index is -0.495. The summed E-state index contributed by atoms with van der Waals surface area (Å²) in [5.41, 5.74) is 5.00. The van der Waals surface area contributed by atoms with E-state index in [2.05, 4.69) is 12.1 Å². The van der Waals surface area contributed by atoms with Gasteiger partial charge in [0.2, 0.25) is 5.91 Å². The van der Waals surface area contributed by atoms with Crippen LogP contribution in [0.1, 0.15) is 27.0 Å². The van der Waals surface area contributed by atoms with Crippen LogP contribution in [0.15, 0.2) is 78.9 Å². The SMILES string of the molecule is O=C([C@H]1Cc2ccccc2N1C(=O)c1ccccc1)N1CCc2ccccc2C1. The second-order valence-electron chi connectivity index (χ2n) is 7.67. The first-order valence-corrected chi connectivity index (χ1v) is 10.0. The Kier molecular flexibility index (Phi) is 4.39. The van der Waals surface area contributed by atoms with Gasteiger partial charge < -0.3 is 4.90 Å². The van der Waals surface area contributed by atoms with Gasteiger partial charge in [-0.25, -0.2) is 0 Å². The lowest BCUT2D eigenvalue weighted by Crippen LogP contribution is -2.50. The molecule has 0 unspecified atom stereocenters. The maximum Gasteiger partial charge on any atom is 0.259 e. The molecule has 0 saturated carbocycles. The molecule has 0 N–H and O–H groups in total. The highest BCUT2D eigenvalue weighted by molar-refractivity contribution is 6.11. The number of anilines is 1. The molecule has 5 rings (SSSR count). The monoisotopic (exact) mass is 382 g/mol. The lowest BCUT2D eigenvalue weighted by Gasteiger charge is -2.34. The Labute approximate surface area is 170 Å². The van der Waals surface area contributed by atoms with Gasteiger partial charge in [-0.3, -0.25) is 14.5 Å². The predicted octanol–water partition coefficient (Wildman–Crippen LogP) is 3.84. The molecule has 29 heavy (non-hydrogen) atoms. The van der Waals surface area contributed by atoms with Crippen LogP contribution < -0.4 is 4.90 Å². The van der Waals surface area contributed by atoms with Crippen molar-refractivity contribution in [3.8, 4) is 0 Å². The first kappa shape index (κ1) is 17.7. The van der Waals surface area contributed by atoms with Crippen LogP contribution in [0, 0.1) is 0 Å². The number of fused-ring (bicyclic) bond motifs is 2. The fourth-order valence-corrected chi connectivity index (χ4v) is 4.45. The van der Waals surface area contributed by atoms with Crippen molar-refractivity contribution in [2.24, 2.45) is 0 Å². The van der Waals surface area contributed by atoms with Crippen LogP contribution >= 0.6 is 0 Å². The number of hydrogen-bond acceptors (Lipinski definition) is 2. The molecular weight excluding hydrogens is 360 g/mol. The van der Waals surface area contributed by atoms with E-state index >= 15 is 0 Å². The average Bonchev–Trinajstić information content (AvgIpc) is 3.18. The molecule has 3 aromatic rings. The molecule has 0 saturated heterocycles. The van der Waals surface area contributed by atoms with E-state index in [9.17, 15) is 9.59 Å². The summed E-state index contributed by atoms with van der Waals surface area (Å²) in [6.07, 6.45) is 1.42. The van der Waals surface area contributed by atoms with Crippen molar-refractivity contribution in [3.05, 3.63) is 101 Å².